The maximum absolute atomic E-state index is 11.4. The number of benzene rings is 1. The van der Waals surface area contributed by atoms with Gasteiger partial charge >= 0.3 is 0 Å². The summed E-state index contributed by atoms with van der Waals surface area (Å²) in [5.41, 5.74) is 2.76. The fourth-order valence-corrected chi connectivity index (χ4v) is 2.73. The van der Waals surface area contributed by atoms with E-state index in [4.69, 9.17) is 10.00 Å². The first kappa shape index (κ1) is 13.3. The van der Waals surface area contributed by atoms with Gasteiger partial charge in [-0.2, -0.15) is 5.26 Å². The summed E-state index contributed by atoms with van der Waals surface area (Å²) in [4.78, 5) is 15.7. The fourth-order valence-electron chi connectivity index (χ4n) is 1.98. The number of anilines is 1. The van der Waals surface area contributed by atoms with Gasteiger partial charge in [0.05, 0.1) is 11.8 Å². The minimum atomic E-state index is -0.349. The lowest BCUT2D eigenvalue weighted by molar-refractivity contribution is -0.115. The largest absolute Gasteiger partial charge is 0.488 e. The van der Waals surface area contributed by atoms with Gasteiger partial charge in [-0.15, -0.1) is 11.3 Å². The molecule has 3 rings (SSSR count). The predicted octanol–water partition coefficient (Wildman–Crippen LogP) is 2.93. The van der Waals surface area contributed by atoms with Crippen LogP contribution in [0.25, 0.3) is 11.6 Å². The zero-order valence-corrected chi connectivity index (χ0v) is 11.8. The average molecular weight is 297 g/mol. The number of para-hydroxylation sites is 1. The molecule has 0 radical (unpaired) electrons. The van der Waals surface area contributed by atoms with Gasteiger partial charge in [0.1, 0.15) is 18.8 Å². The number of hydrogen-bond donors (Lipinski definition) is 1. The summed E-state index contributed by atoms with van der Waals surface area (Å²) in [5.74, 6) is 0.511. The third-order valence-corrected chi connectivity index (χ3v) is 3.71. The van der Waals surface area contributed by atoms with Gasteiger partial charge in [-0.1, -0.05) is 18.2 Å². The van der Waals surface area contributed by atoms with Crippen LogP contribution in [0.1, 0.15) is 17.7 Å². The van der Waals surface area contributed by atoms with Gasteiger partial charge in [0.2, 0.25) is 5.91 Å². The zero-order valence-electron chi connectivity index (χ0n) is 11.0. The molecule has 1 aliphatic rings. The molecule has 0 atom stereocenters. The Morgan fingerprint density at radius 1 is 1.48 bits per heavy atom. The van der Waals surface area contributed by atoms with Crippen molar-refractivity contribution in [3.8, 4) is 11.8 Å². The van der Waals surface area contributed by atoms with E-state index in [1.54, 1.807) is 6.07 Å². The normalized spacial score (nSPS) is 12.6. The highest BCUT2D eigenvalue weighted by Crippen LogP contribution is 2.31. The maximum atomic E-state index is 11.4. The first-order chi connectivity index (χ1) is 10.3. The van der Waals surface area contributed by atoms with Crippen LogP contribution in [0.2, 0.25) is 0 Å². The summed E-state index contributed by atoms with van der Waals surface area (Å²) >= 11 is 1.33. The van der Waals surface area contributed by atoms with Gasteiger partial charge in [0, 0.05) is 16.5 Å². The highest BCUT2D eigenvalue weighted by atomic mass is 32.1. The molecule has 0 saturated heterocycles. The molecule has 0 bridgehead atoms. The van der Waals surface area contributed by atoms with Crippen LogP contribution in [0.4, 0.5) is 5.13 Å². The molecule has 2 aromatic rings. The van der Waals surface area contributed by atoms with Gasteiger partial charge in [-0.05, 0) is 12.1 Å². The summed E-state index contributed by atoms with van der Waals surface area (Å²) in [5, 5.41) is 13.4. The molecule has 5 nitrogen and oxygen atoms in total. The van der Waals surface area contributed by atoms with Crippen molar-refractivity contribution in [1.29, 1.82) is 5.26 Å². The molecule has 21 heavy (non-hydrogen) atoms. The summed E-state index contributed by atoms with van der Waals surface area (Å²) < 4.78 is 5.69. The van der Waals surface area contributed by atoms with Gasteiger partial charge in [-0.3, -0.25) is 4.79 Å². The van der Waals surface area contributed by atoms with Gasteiger partial charge in [-0.25, -0.2) is 4.98 Å². The Hall–Kier alpha value is -2.65. The topological polar surface area (TPSA) is 75.0 Å². The SMILES string of the molecule is N#CCC(=O)Nc1nc(C2=Cc3ccccc3OC2)cs1. The third-order valence-electron chi connectivity index (χ3n) is 2.95. The Labute approximate surface area is 125 Å². The second-order valence-corrected chi connectivity index (χ2v) is 5.28. The van der Waals surface area contributed by atoms with E-state index in [0.29, 0.717) is 11.7 Å². The molecule has 1 aliphatic heterocycles. The molecule has 6 heteroatoms. The van der Waals surface area contributed by atoms with Gasteiger partial charge in [0.25, 0.3) is 0 Å². The number of nitrogens with one attached hydrogen (secondary N) is 1. The molecule has 2 heterocycles. The molecule has 0 aliphatic carbocycles. The van der Waals surface area contributed by atoms with E-state index < -0.39 is 0 Å². The highest BCUT2D eigenvalue weighted by molar-refractivity contribution is 7.14. The maximum Gasteiger partial charge on any atom is 0.240 e. The van der Waals surface area contributed by atoms with Crippen molar-refractivity contribution < 1.29 is 9.53 Å². The summed E-state index contributed by atoms with van der Waals surface area (Å²) in [6.45, 7) is 0.451. The fraction of sp³-hybridized carbons (Fsp3) is 0.133. The standard InChI is InChI=1S/C15H11N3O2S/c16-6-5-14(19)18-15-17-12(9-21-15)11-7-10-3-1-2-4-13(10)20-8-11/h1-4,7,9H,5,8H2,(H,17,18,19). The number of carbonyl (C=O) groups excluding carboxylic acids is 1. The molecule has 0 unspecified atom stereocenters. The van der Waals surface area contributed by atoms with E-state index in [9.17, 15) is 4.79 Å². The van der Waals surface area contributed by atoms with Crippen molar-refractivity contribution in [3.63, 3.8) is 0 Å². The summed E-state index contributed by atoms with van der Waals surface area (Å²) in [7, 11) is 0. The van der Waals surface area contributed by atoms with E-state index in [0.717, 1.165) is 22.6 Å². The number of fused-ring (bicyclic) bond motifs is 1. The number of nitriles is 1. The van der Waals surface area contributed by atoms with Gasteiger partial charge in [0.15, 0.2) is 5.13 Å². The number of nitrogens with zero attached hydrogens (tertiary/aromatic N) is 2. The van der Waals surface area contributed by atoms with E-state index in [1.165, 1.54) is 11.3 Å². The number of carbonyl (C=O) groups is 1. The Kier molecular flexibility index (Phi) is 3.67. The first-order valence-electron chi connectivity index (χ1n) is 6.31. The molecule has 1 amide bonds. The molecule has 1 aromatic carbocycles. The third kappa shape index (κ3) is 2.93. The van der Waals surface area contributed by atoms with E-state index >= 15 is 0 Å². The van der Waals surface area contributed by atoms with Crippen molar-refractivity contribution in [2.45, 2.75) is 6.42 Å². The van der Waals surface area contributed by atoms with Crippen molar-refractivity contribution >= 4 is 34.0 Å². The Morgan fingerprint density at radius 2 is 2.33 bits per heavy atom. The van der Waals surface area contributed by atoms with Crippen molar-refractivity contribution in [2.24, 2.45) is 0 Å². The van der Waals surface area contributed by atoms with E-state index in [2.05, 4.69) is 10.3 Å². The molecular weight excluding hydrogens is 286 g/mol. The quantitative estimate of drug-likeness (QED) is 0.945. The van der Waals surface area contributed by atoms with Crippen LogP contribution in [0.3, 0.4) is 0 Å². The molecule has 1 aromatic heterocycles. The Bertz CT molecular complexity index is 758. The lowest BCUT2D eigenvalue weighted by Crippen LogP contribution is -2.10. The molecule has 0 saturated carbocycles. The number of ether oxygens (including phenoxy) is 1. The molecular formula is C15H11N3O2S. The molecule has 0 fully saturated rings. The van der Waals surface area contributed by atoms with E-state index in [-0.39, 0.29) is 12.3 Å². The van der Waals surface area contributed by atoms with Crippen LogP contribution in [0.15, 0.2) is 29.6 Å². The predicted molar refractivity (Wildman–Crippen MR) is 80.8 cm³/mol. The lowest BCUT2D eigenvalue weighted by atomic mass is 10.1. The first-order valence-corrected chi connectivity index (χ1v) is 7.19. The van der Waals surface area contributed by atoms with Gasteiger partial charge < -0.3 is 10.1 Å². The molecule has 1 N–H and O–H groups in total. The van der Waals surface area contributed by atoms with Crippen LogP contribution in [0, 0.1) is 11.3 Å². The monoisotopic (exact) mass is 297 g/mol. The van der Waals surface area contributed by atoms with E-state index in [1.807, 2.05) is 35.7 Å². The van der Waals surface area contributed by atoms with Crippen molar-refractivity contribution in [3.05, 3.63) is 40.9 Å². The van der Waals surface area contributed by atoms with Crippen LogP contribution in [0.5, 0.6) is 5.75 Å². The van der Waals surface area contributed by atoms with Crippen LogP contribution < -0.4 is 10.1 Å². The number of thiazole rings is 1. The number of aromatic nitrogens is 1. The minimum Gasteiger partial charge on any atom is -0.488 e. The average Bonchev–Trinajstić information content (AvgIpc) is 2.95. The number of hydrogen-bond acceptors (Lipinski definition) is 5. The summed E-state index contributed by atoms with van der Waals surface area (Å²) in [6.07, 6.45) is 1.86. The Morgan fingerprint density at radius 3 is 3.19 bits per heavy atom. The van der Waals surface area contributed by atoms with Crippen LogP contribution >= 0.6 is 11.3 Å². The number of rotatable bonds is 3. The highest BCUT2D eigenvalue weighted by Gasteiger charge is 2.15. The van der Waals surface area contributed by atoms with Crippen molar-refractivity contribution in [1.82, 2.24) is 4.98 Å². The molecule has 104 valence electrons. The second-order valence-electron chi connectivity index (χ2n) is 4.42. The van der Waals surface area contributed by atoms with Crippen LogP contribution in [-0.2, 0) is 4.79 Å². The summed E-state index contributed by atoms with van der Waals surface area (Å²) in [6, 6.07) is 9.60. The zero-order chi connectivity index (χ0) is 14.7. The molecule has 0 spiro atoms. The van der Waals surface area contributed by atoms with Crippen LogP contribution in [-0.4, -0.2) is 17.5 Å². The second kappa shape index (κ2) is 5.77. The Balaban J connectivity index is 1.80. The number of amides is 1. The minimum absolute atomic E-state index is 0.173. The van der Waals surface area contributed by atoms with Crippen molar-refractivity contribution in [2.75, 3.05) is 11.9 Å². The lowest BCUT2D eigenvalue weighted by Gasteiger charge is -2.16. The smallest absolute Gasteiger partial charge is 0.240 e.